The van der Waals surface area contributed by atoms with Crippen LogP contribution < -0.4 is 10.8 Å². The summed E-state index contributed by atoms with van der Waals surface area (Å²) in [5, 5.41) is 2.95. The average molecular weight is 431 g/mol. The van der Waals surface area contributed by atoms with Crippen molar-refractivity contribution in [1.82, 2.24) is 10.8 Å². The average Bonchev–Trinajstić information content (AvgIpc) is 2.83. The Balaban J connectivity index is 1.23. The van der Waals surface area contributed by atoms with E-state index in [1.807, 2.05) is 72.8 Å². The van der Waals surface area contributed by atoms with Crippen LogP contribution in [0.3, 0.4) is 0 Å². The van der Waals surface area contributed by atoms with Gasteiger partial charge in [-0.15, -0.1) is 0 Å². The van der Waals surface area contributed by atoms with Gasteiger partial charge in [0.15, 0.2) is 0 Å². The van der Waals surface area contributed by atoms with Gasteiger partial charge in [-0.25, -0.2) is 5.48 Å². The molecule has 0 aliphatic rings. The number of benzene rings is 3. The molecule has 0 aromatic heterocycles. The Labute approximate surface area is 189 Å². The molecule has 0 spiro atoms. The molecule has 0 atom stereocenters. The van der Waals surface area contributed by atoms with Crippen molar-refractivity contribution in [3.8, 4) is 11.1 Å². The van der Waals surface area contributed by atoms with Crippen molar-refractivity contribution in [2.75, 3.05) is 6.54 Å². The van der Waals surface area contributed by atoms with Gasteiger partial charge in [0.05, 0.1) is 13.0 Å². The molecule has 3 aromatic carbocycles. The van der Waals surface area contributed by atoms with Crippen molar-refractivity contribution < 1.29 is 14.4 Å². The number of nitrogens with one attached hydrogen (secondary N) is 2. The van der Waals surface area contributed by atoms with Crippen molar-refractivity contribution in [2.24, 2.45) is 0 Å². The van der Waals surface area contributed by atoms with E-state index >= 15 is 0 Å². The summed E-state index contributed by atoms with van der Waals surface area (Å²) in [7, 11) is 0. The van der Waals surface area contributed by atoms with Crippen LogP contribution in [0.1, 0.15) is 36.8 Å². The van der Waals surface area contributed by atoms with Crippen molar-refractivity contribution in [1.29, 1.82) is 0 Å². The fourth-order valence-corrected chi connectivity index (χ4v) is 3.33. The second kappa shape index (κ2) is 13.1. The van der Waals surface area contributed by atoms with Crippen molar-refractivity contribution in [2.45, 2.75) is 38.7 Å². The Hall–Kier alpha value is -3.44. The number of hydrogen-bond acceptors (Lipinski definition) is 3. The first-order valence-corrected chi connectivity index (χ1v) is 11.1. The molecule has 166 valence electrons. The summed E-state index contributed by atoms with van der Waals surface area (Å²) < 4.78 is 0. The van der Waals surface area contributed by atoms with Gasteiger partial charge >= 0.3 is 0 Å². The summed E-state index contributed by atoms with van der Waals surface area (Å²) in [5.74, 6) is -0.103. The highest BCUT2D eigenvalue weighted by Crippen LogP contribution is 2.19. The smallest absolute Gasteiger partial charge is 0.243 e. The number of hydrogen-bond donors (Lipinski definition) is 2. The topological polar surface area (TPSA) is 67.4 Å². The van der Waals surface area contributed by atoms with Gasteiger partial charge in [0.25, 0.3) is 0 Å². The van der Waals surface area contributed by atoms with E-state index in [1.165, 1.54) is 5.56 Å². The van der Waals surface area contributed by atoms with Crippen LogP contribution >= 0.6 is 0 Å². The lowest BCUT2D eigenvalue weighted by atomic mass is 10.0. The zero-order chi connectivity index (χ0) is 22.4. The van der Waals surface area contributed by atoms with Gasteiger partial charge in [-0.3, -0.25) is 14.4 Å². The lowest BCUT2D eigenvalue weighted by Crippen LogP contribution is -2.26. The van der Waals surface area contributed by atoms with E-state index in [-0.39, 0.29) is 11.8 Å². The minimum Gasteiger partial charge on any atom is -0.356 e. The molecule has 0 aliphatic carbocycles. The normalized spacial score (nSPS) is 10.5. The van der Waals surface area contributed by atoms with Gasteiger partial charge in [0.1, 0.15) is 0 Å². The van der Waals surface area contributed by atoms with Gasteiger partial charge in [0.2, 0.25) is 11.8 Å². The maximum absolute atomic E-state index is 12.2. The van der Waals surface area contributed by atoms with Gasteiger partial charge in [-0.1, -0.05) is 91.3 Å². The molecular weight excluding hydrogens is 400 g/mol. The molecule has 0 fully saturated rings. The lowest BCUT2D eigenvalue weighted by Gasteiger charge is -2.07. The predicted molar refractivity (Wildman–Crippen MR) is 126 cm³/mol. The summed E-state index contributed by atoms with van der Waals surface area (Å²) in [6, 6.07) is 28.0. The molecule has 0 radical (unpaired) electrons. The van der Waals surface area contributed by atoms with E-state index in [1.54, 1.807) is 0 Å². The highest BCUT2D eigenvalue weighted by Gasteiger charge is 2.05. The predicted octanol–water partition coefficient (Wildman–Crippen LogP) is 4.82. The standard InChI is InChI=1S/C27H30N2O3/c30-26(29-32-21-23-10-4-1-5-11-23)14-8-3-9-19-28-27(31)20-22-15-17-25(18-16-22)24-12-6-2-7-13-24/h1-2,4-7,10-13,15-18H,3,8-9,14,19-21H2,(H,28,31)(H,29,30). The van der Waals surface area contributed by atoms with E-state index in [4.69, 9.17) is 4.84 Å². The van der Waals surface area contributed by atoms with Crippen molar-refractivity contribution in [3.63, 3.8) is 0 Å². The zero-order valence-electron chi connectivity index (χ0n) is 18.3. The van der Waals surface area contributed by atoms with Crippen molar-refractivity contribution in [3.05, 3.63) is 96.1 Å². The van der Waals surface area contributed by atoms with Crippen LogP contribution in [0.15, 0.2) is 84.9 Å². The van der Waals surface area contributed by atoms with Gasteiger partial charge in [0, 0.05) is 13.0 Å². The van der Waals surface area contributed by atoms with Crippen LogP contribution in [-0.4, -0.2) is 18.4 Å². The third kappa shape index (κ3) is 8.36. The van der Waals surface area contributed by atoms with E-state index in [0.29, 0.717) is 26.0 Å². The van der Waals surface area contributed by atoms with Gasteiger partial charge in [-0.2, -0.15) is 0 Å². The van der Waals surface area contributed by atoms with Crippen LogP contribution in [-0.2, 0) is 27.5 Å². The molecule has 0 saturated carbocycles. The second-order valence-electron chi connectivity index (χ2n) is 7.70. The summed E-state index contributed by atoms with van der Waals surface area (Å²) in [6.45, 7) is 0.973. The van der Waals surface area contributed by atoms with Crippen molar-refractivity contribution >= 4 is 11.8 Å². The molecule has 0 aliphatic heterocycles. The lowest BCUT2D eigenvalue weighted by molar-refractivity contribution is -0.134. The van der Waals surface area contributed by atoms with E-state index in [0.717, 1.165) is 36.0 Å². The van der Waals surface area contributed by atoms with Crippen LogP contribution in [0.4, 0.5) is 0 Å². The summed E-state index contributed by atoms with van der Waals surface area (Å²) in [4.78, 5) is 29.2. The molecule has 2 amide bonds. The van der Waals surface area contributed by atoms with E-state index in [9.17, 15) is 9.59 Å². The monoisotopic (exact) mass is 430 g/mol. The van der Waals surface area contributed by atoms with E-state index < -0.39 is 0 Å². The Kier molecular flexibility index (Phi) is 9.49. The van der Waals surface area contributed by atoms with Crippen LogP contribution in [0.2, 0.25) is 0 Å². The fraction of sp³-hybridized carbons (Fsp3) is 0.259. The quantitative estimate of drug-likeness (QED) is 0.320. The second-order valence-corrected chi connectivity index (χ2v) is 7.70. The molecular formula is C27H30N2O3. The van der Waals surface area contributed by atoms with Gasteiger partial charge < -0.3 is 5.32 Å². The molecule has 3 rings (SSSR count). The van der Waals surface area contributed by atoms with Crippen LogP contribution in [0, 0.1) is 0 Å². The number of carbonyl (C=O) groups excluding carboxylic acids is 2. The number of amides is 2. The number of rotatable bonds is 12. The maximum atomic E-state index is 12.2. The first-order chi connectivity index (χ1) is 15.7. The molecule has 5 nitrogen and oxygen atoms in total. The molecule has 0 unspecified atom stereocenters. The summed E-state index contributed by atoms with van der Waals surface area (Å²) in [5.41, 5.74) is 6.79. The highest BCUT2D eigenvalue weighted by atomic mass is 16.6. The molecule has 32 heavy (non-hydrogen) atoms. The minimum atomic E-state index is -0.121. The third-order valence-electron chi connectivity index (χ3n) is 5.10. The third-order valence-corrected chi connectivity index (χ3v) is 5.10. The molecule has 2 N–H and O–H groups in total. The fourth-order valence-electron chi connectivity index (χ4n) is 3.33. The molecule has 0 bridgehead atoms. The first kappa shape index (κ1) is 23.2. The SMILES string of the molecule is O=C(Cc1ccc(-c2ccccc2)cc1)NCCCCCC(=O)NOCc1ccccc1. The zero-order valence-corrected chi connectivity index (χ0v) is 18.3. The highest BCUT2D eigenvalue weighted by molar-refractivity contribution is 5.78. The van der Waals surface area contributed by atoms with Crippen LogP contribution in [0.5, 0.6) is 0 Å². The first-order valence-electron chi connectivity index (χ1n) is 11.1. The largest absolute Gasteiger partial charge is 0.356 e. The van der Waals surface area contributed by atoms with E-state index in [2.05, 4.69) is 22.9 Å². The Morgan fingerprint density at radius 3 is 2.03 bits per heavy atom. The number of hydroxylamine groups is 1. The molecule has 0 saturated heterocycles. The summed E-state index contributed by atoms with van der Waals surface area (Å²) >= 11 is 0. The molecule has 5 heteroatoms. The summed E-state index contributed by atoms with van der Waals surface area (Å²) in [6.07, 6.45) is 3.26. The minimum absolute atomic E-state index is 0.0181. The Bertz CT molecular complexity index is 957. The number of unbranched alkanes of at least 4 members (excludes halogenated alkanes) is 2. The Morgan fingerprint density at radius 1 is 0.656 bits per heavy atom. The molecule has 0 heterocycles. The maximum Gasteiger partial charge on any atom is 0.243 e. The van der Waals surface area contributed by atoms with Crippen LogP contribution in [0.25, 0.3) is 11.1 Å². The number of carbonyl (C=O) groups is 2. The van der Waals surface area contributed by atoms with Gasteiger partial charge in [-0.05, 0) is 35.1 Å². The molecule has 3 aromatic rings. The Morgan fingerprint density at radius 2 is 1.31 bits per heavy atom.